The fourth-order valence-electron chi connectivity index (χ4n) is 2.25. The second kappa shape index (κ2) is 6.38. The van der Waals surface area contributed by atoms with Crippen LogP contribution in [0.3, 0.4) is 0 Å². The smallest absolute Gasteiger partial charge is 0.0613 e. The summed E-state index contributed by atoms with van der Waals surface area (Å²) in [5, 5.41) is 0. The maximum Gasteiger partial charge on any atom is 0.0613 e. The van der Waals surface area contributed by atoms with Crippen LogP contribution in [0.4, 0.5) is 0 Å². The number of nitrogens with two attached hydrogens (primary N) is 1. The summed E-state index contributed by atoms with van der Waals surface area (Å²) >= 11 is 0. The molecular formula is C11H24N2O. The fraction of sp³-hybridized carbons (Fsp3) is 1.00. The van der Waals surface area contributed by atoms with Crippen LogP contribution in [0.25, 0.3) is 0 Å². The van der Waals surface area contributed by atoms with E-state index in [2.05, 4.69) is 18.7 Å². The molecular weight excluding hydrogens is 176 g/mol. The van der Waals surface area contributed by atoms with Crippen molar-refractivity contribution in [3.63, 3.8) is 0 Å². The molecule has 14 heavy (non-hydrogen) atoms. The molecule has 84 valence electrons. The van der Waals surface area contributed by atoms with Crippen molar-refractivity contribution in [2.24, 2.45) is 11.7 Å². The van der Waals surface area contributed by atoms with E-state index in [-0.39, 0.29) is 0 Å². The number of ether oxygens (including phenoxy) is 1. The normalized spacial score (nSPS) is 27.4. The van der Waals surface area contributed by atoms with Crippen LogP contribution < -0.4 is 5.73 Å². The Hall–Kier alpha value is -0.120. The van der Waals surface area contributed by atoms with E-state index < -0.39 is 0 Å². The van der Waals surface area contributed by atoms with E-state index in [0.717, 1.165) is 45.1 Å². The molecule has 2 unspecified atom stereocenters. The van der Waals surface area contributed by atoms with E-state index >= 15 is 0 Å². The first-order chi connectivity index (χ1) is 6.81. The highest BCUT2D eigenvalue weighted by Crippen LogP contribution is 2.24. The summed E-state index contributed by atoms with van der Waals surface area (Å²) in [4.78, 5) is 2.43. The van der Waals surface area contributed by atoms with Crippen molar-refractivity contribution < 1.29 is 4.74 Å². The predicted molar refractivity (Wildman–Crippen MR) is 59.3 cm³/mol. The summed E-state index contributed by atoms with van der Waals surface area (Å²) in [6.07, 6.45) is 2.85. The van der Waals surface area contributed by atoms with Crippen molar-refractivity contribution in [3.05, 3.63) is 0 Å². The molecule has 1 aliphatic heterocycles. The lowest BCUT2D eigenvalue weighted by atomic mass is 9.99. The summed E-state index contributed by atoms with van der Waals surface area (Å²) in [5.74, 6) is 0.728. The third-order valence-corrected chi connectivity index (χ3v) is 3.13. The van der Waals surface area contributed by atoms with Crippen LogP contribution in [0.1, 0.15) is 26.7 Å². The van der Waals surface area contributed by atoms with E-state index in [4.69, 9.17) is 10.5 Å². The van der Waals surface area contributed by atoms with E-state index in [1.807, 2.05) is 0 Å². The van der Waals surface area contributed by atoms with Gasteiger partial charge in [-0.15, -0.1) is 0 Å². The van der Waals surface area contributed by atoms with E-state index in [1.165, 1.54) is 6.42 Å². The molecule has 1 rings (SSSR count). The Morgan fingerprint density at radius 1 is 1.43 bits per heavy atom. The zero-order valence-electron chi connectivity index (χ0n) is 9.54. The number of nitrogens with zero attached hydrogens (tertiary/aromatic N) is 1. The Morgan fingerprint density at radius 2 is 2.21 bits per heavy atom. The molecule has 0 saturated carbocycles. The Labute approximate surface area is 87.6 Å². The molecule has 0 amide bonds. The quantitative estimate of drug-likeness (QED) is 0.697. The molecule has 1 aliphatic rings. The lowest BCUT2D eigenvalue weighted by molar-refractivity contribution is 0.0764. The average Bonchev–Trinajstić information content (AvgIpc) is 2.64. The first-order valence-electron chi connectivity index (χ1n) is 5.85. The number of rotatable bonds is 6. The third-order valence-electron chi connectivity index (χ3n) is 3.13. The van der Waals surface area contributed by atoms with E-state index in [1.54, 1.807) is 0 Å². The largest absolute Gasteiger partial charge is 0.378 e. The van der Waals surface area contributed by atoms with Crippen molar-refractivity contribution in [2.45, 2.75) is 32.8 Å². The summed E-state index contributed by atoms with van der Waals surface area (Å²) in [7, 11) is 0. The van der Waals surface area contributed by atoms with Gasteiger partial charge in [-0.1, -0.05) is 13.8 Å². The van der Waals surface area contributed by atoms with Crippen LogP contribution in [0.5, 0.6) is 0 Å². The van der Waals surface area contributed by atoms with Gasteiger partial charge in [0.1, 0.15) is 0 Å². The monoisotopic (exact) mass is 200 g/mol. The third kappa shape index (κ3) is 3.23. The number of likely N-dealkylation sites (N-methyl/N-ethyl adjacent to an activating group) is 1. The molecule has 0 aromatic rings. The minimum Gasteiger partial charge on any atom is -0.378 e. The molecule has 2 atom stereocenters. The van der Waals surface area contributed by atoms with Crippen LogP contribution in [-0.2, 0) is 4.74 Å². The van der Waals surface area contributed by atoms with E-state index in [0.29, 0.717) is 6.10 Å². The van der Waals surface area contributed by atoms with Crippen LogP contribution in [0, 0.1) is 5.92 Å². The Balaban J connectivity index is 2.32. The molecule has 0 bridgehead atoms. The average molecular weight is 200 g/mol. The minimum absolute atomic E-state index is 0.488. The first-order valence-corrected chi connectivity index (χ1v) is 5.85. The zero-order chi connectivity index (χ0) is 10.4. The molecule has 1 saturated heterocycles. The van der Waals surface area contributed by atoms with Crippen molar-refractivity contribution in [2.75, 3.05) is 32.8 Å². The molecule has 0 aromatic heterocycles. The minimum atomic E-state index is 0.488. The van der Waals surface area contributed by atoms with E-state index in [9.17, 15) is 0 Å². The molecule has 0 radical (unpaired) electrons. The van der Waals surface area contributed by atoms with Gasteiger partial charge in [-0.3, -0.25) is 0 Å². The zero-order valence-corrected chi connectivity index (χ0v) is 9.54. The van der Waals surface area contributed by atoms with Gasteiger partial charge in [0.25, 0.3) is 0 Å². The lowest BCUT2D eigenvalue weighted by Gasteiger charge is -2.25. The molecule has 3 heteroatoms. The summed E-state index contributed by atoms with van der Waals surface area (Å²) < 4.78 is 5.68. The van der Waals surface area contributed by atoms with Crippen molar-refractivity contribution in [1.29, 1.82) is 0 Å². The van der Waals surface area contributed by atoms with Gasteiger partial charge < -0.3 is 15.4 Å². The van der Waals surface area contributed by atoms with Crippen LogP contribution in [-0.4, -0.2) is 43.8 Å². The molecule has 0 spiro atoms. The Morgan fingerprint density at radius 3 is 2.79 bits per heavy atom. The van der Waals surface area contributed by atoms with Gasteiger partial charge in [0.15, 0.2) is 0 Å². The summed E-state index contributed by atoms with van der Waals surface area (Å²) in [6.45, 7) is 9.40. The SMILES string of the molecule is CCC1OCCC1CN(CC)CCN. The van der Waals surface area contributed by atoms with Gasteiger partial charge in [0, 0.05) is 26.2 Å². The maximum atomic E-state index is 5.68. The van der Waals surface area contributed by atoms with Gasteiger partial charge in [-0.25, -0.2) is 0 Å². The Bertz CT molecular complexity index is 152. The summed E-state index contributed by atoms with van der Waals surface area (Å²) in [6, 6.07) is 0. The molecule has 3 nitrogen and oxygen atoms in total. The van der Waals surface area contributed by atoms with Gasteiger partial charge >= 0.3 is 0 Å². The van der Waals surface area contributed by atoms with Gasteiger partial charge in [-0.05, 0) is 25.3 Å². The molecule has 1 heterocycles. The van der Waals surface area contributed by atoms with Crippen LogP contribution in [0.15, 0.2) is 0 Å². The topological polar surface area (TPSA) is 38.5 Å². The highest BCUT2D eigenvalue weighted by molar-refractivity contribution is 4.78. The maximum absolute atomic E-state index is 5.68. The van der Waals surface area contributed by atoms with Crippen LogP contribution >= 0.6 is 0 Å². The fourth-order valence-corrected chi connectivity index (χ4v) is 2.25. The van der Waals surface area contributed by atoms with Crippen molar-refractivity contribution in [3.8, 4) is 0 Å². The highest BCUT2D eigenvalue weighted by Gasteiger charge is 2.27. The van der Waals surface area contributed by atoms with Crippen molar-refractivity contribution in [1.82, 2.24) is 4.90 Å². The lowest BCUT2D eigenvalue weighted by Crippen LogP contribution is -2.36. The molecule has 0 aromatic carbocycles. The van der Waals surface area contributed by atoms with Gasteiger partial charge in [0.05, 0.1) is 6.10 Å². The van der Waals surface area contributed by atoms with Crippen LogP contribution in [0.2, 0.25) is 0 Å². The second-order valence-corrected chi connectivity index (χ2v) is 4.05. The number of hydrogen-bond acceptors (Lipinski definition) is 3. The first kappa shape index (κ1) is 12.0. The summed E-state index contributed by atoms with van der Waals surface area (Å²) in [5.41, 5.74) is 5.57. The molecule has 1 fully saturated rings. The Kier molecular flexibility index (Phi) is 5.45. The standard InChI is InChI=1S/C11H24N2O/c1-3-11-10(5-8-14-11)9-13(4-2)7-6-12/h10-11H,3-9,12H2,1-2H3. The van der Waals surface area contributed by atoms with Crippen molar-refractivity contribution >= 4 is 0 Å². The number of hydrogen-bond donors (Lipinski definition) is 1. The predicted octanol–water partition coefficient (Wildman–Crippen LogP) is 1.08. The molecule has 0 aliphatic carbocycles. The second-order valence-electron chi connectivity index (χ2n) is 4.05. The highest BCUT2D eigenvalue weighted by atomic mass is 16.5. The molecule has 2 N–H and O–H groups in total. The van der Waals surface area contributed by atoms with Gasteiger partial charge in [-0.2, -0.15) is 0 Å². The van der Waals surface area contributed by atoms with Gasteiger partial charge in [0.2, 0.25) is 0 Å².